The molecule has 0 saturated heterocycles. The van der Waals surface area contributed by atoms with Gasteiger partial charge in [-0.15, -0.1) is 11.3 Å². The van der Waals surface area contributed by atoms with Crippen molar-refractivity contribution in [2.24, 2.45) is 0 Å². The first-order chi connectivity index (χ1) is 13.5. The normalized spacial score (nSPS) is 10.4. The quantitative estimate of drug-likeness (QED) is 0.633. The summed E-state index contributed by atoms with van der Waals surface area (Å²) in [5, 5.41) is 2.89. The smallest absolute Gasteiger partial charge is 0.261 e. The van der Waals surface area contributed by atoms with Crippen LogP contribution in [0.2, 0.25) is 0 Å². The number of ether oxygens (including phenoxy) is 3. The van der Waals surface area contributed by atoms with E-state index in [0.717, 1.165) is 16.0 Å². The van der Waals surface area contributed by atoms with Crippen molar-refractivity contribution in [3.63, 3.8) is 0 Å². The van der Waals surface area contributed by atoms with Gasteiger partial charge in [-0.2, -0.15) is 0 Å². The molecule has 146 valence electrons. The van der Waals surface area contributed by atoms with Crippen LogP contribution in [0.1, 0.15) is 15.2 Å². The lowest BCUT2D eigenvalue weighted by atomic mass is 10.1. The molecule has 0 aliphatic heterocycles. The SMILES string of the molecule is COc1cc(CNC(=O)c2ccc(-c3ccc(F)cc3)s2)cc(OC)c1OC. The Hall–Kier alpha value is -3.06. The van der Waals surface area contributed by atoms with Gasteiger partial charge in [0.15, 0.2) is 11.5 Å². The van der Waals surface area contributed by atoms with Crippen LogP contribution in [-0.4, -0.2) is 27.2 Å². The number of rotatable bonds is 7. The molecule has 7 heteroatoms. The predicted molar refractivity (Wildman–Crippen MR) is 107 cm³/mol. The van der Waals surface area contributed by atoms with Gasteiger partial charge >= 0.3 is 0 Å². The minimum atomic E-state index is -0.288. The molecule has 0 aliphatic carbocycles. The fraction of sp³-hybridized carbons (Fsp3) is 0.190. The van der Waals surface area contributed by atoms with Crippen LogP contribution in [0.4, 0.5) is 4.39 Å². The standard InChI is InChI=1S/C21H20FNO4S/c1-25-16-10-13(11-17(26-2)20(16)27-3)12-23-21(24)19-9-8-18(28-19)14-4-6-15(22)7-5-14/h4-11H,12H2,1-3H3,(H,23,24). The first kappa shape index (κ1) is 19.7. The first-order valence-electron chi connectivity index (χ1n) is 8.48. The number of halogens is 1. The van der Waals surface area contributed by atoms with Crippen LogP contribution in [0, 0.1) is 5.82 Å². The number of thiophene rings is 1. The molecule has 5 nitrogen and oxygen atoms in total. The molecule has 0 bridgehead atoms. The molecule has 1 N–H and O–H groups in total. The van der Waals surface area contributed by atoms with E-state index in [4.69, 9.17) is 14.2 Å². The summed E-state index contributed by atoms with van der Waals surface area (Å²) >= 11 is 1.35. The number of carbonyl (C=O) groups excluding carboxylic acids is 1. The van der Waals surface area contributed by atoms with Crippen LogP contribution in [0.3, 0.4) is 0 Å². The maximum Gasteiger partial charge on any atom is 0.261 e. The van der Waals surface area contributed by atoms with Crippen molar-refractivity contribution in [3.05, 3.63) is 64.8 Å². The molecule has 28 heavy (non-hydrogen) atoms. The lowest BCUT2D eigenvalue weighted by Crippen LogP contribution is -2.21. The van der Waals surface area contributed by atoms with Gasteiger partial charge in [-0.05, 0) is 47.5 Å². The molecule has 3 rings (SSSR count). The molecule has 1 amide bonds. The number of nitrogens with one attached hydrogen (secondary N) is 1. The largest absolute Gasteiger partial charge is 0.493 e. The van der Waals surface area contributed by atoms with Gasteiger partial charge in [0, 0.05) is 11.4 Å². The first-order valence-corrected chi connectivity index (χ1v) is 9.30. The zero-order valence-electron chi connectivity index (χ0n) is 15.7. The summed E-state index contributed by atoms with van der Waals surface area (Å²) in [5.41, 5.74) is 1.69. The highest BCUT2D eigenvalue weighted by Gasteiger charge is 2.15. The molecule has 0 radical (unpaired) electrons. The van der Waals surface area contributed by atoms with E-state index in [1.807, 2.05) is 6.07 Å². The van der Waals surface area contributed by atoms with Crippen molar-refractivity contribution in [2.75, 3.05) is 21.3 Å². The maximum atomic E-state index is 13.1. The van der Waals surface area contributed by atoms with Crippen molar-refractivity contribution >= 4 is 17.2 Å². The van der Waals surface area contributed by atoms with Gasteiger partial charge in [0.1, 0.15) is 5.82 Å². The average Bonchev–Trinajstić information content (AvgIpc) is 3.21. The summed E-state index contributed by atoms with van der Waals surface area (Å²) in [6.45, 7) is 0.305. The van der Waals surface area contributed by atoms with E-state index in [0.29, 0.717) is 28.7 Å². The summed E-state index contributed by atoms with van der Waals surface area (Å²) in [6.07, 6.45) is 0. The summed E-state index contributed by atoms with van der Waals surface area (Å²) in [6, 6.07) is 13.4. The molecule has 0 atom stereocenters. The van der Waals surface area contributed by atoms with Crippen LogP contribution in [-0.2, 0) is 6.54 Å². The zero-order chi connectivity index (χ0) is 20.1. The topological polar surface area (TPSA) is 56.8 Å². The number of benzene rings is 2. The third kappa shape index (κ3) is 4.26. The minimum Gasteiger partial charge on any atom is -0.493 e. The monoisotopic (exact) mass is 401 g/mol. The average molecular weight is 401 g/mol. The second-order valence-electron chi connectivity index (χ2n) is 5.89. The Morgan fingerprint density at radius 3 is 2.18 bits per heavy atom. The lowest BCUT2D eigenvalue weighted by molar-refractivity contribution is 0.0955. The van der Waals surface area contributed by atoms with Crippen LogP contribution < -0.4 is 19.5 Å². The van der Waals surface area contributed by atoms with E-state index in [2.05, 4.69) is 5.32 Å². The lowest BCUT2D eigenvalue weighted by Gasteiger charge is -2.14. The fourth-order valence-electron chi connectivity index (χ4n) is 2.74. The Morgan fingerprint density at radius 2 is 1.61 bits per heavy atom. The van der Waals surface area contributed by atoms with Crippen molar-refractivity contribution in [3.8, 4) is 27.7 Å². The molecule has 2 aromatic carbocycles. The summed E-state index contributed by atoms with van der Waals surface area (Å²) in [5.74, 6) is 1.08. The number of hydrogen-bond donors (Lipinski definition) is 1. The highest BCUT2D eigenvalue weighted by Crippen LogP contribution is 2.38. The molecule has 0 aliphatic rings. The molecule has 0 fully saturated rings. The molecule has 0 spiro atoms. The zero-order valence-corrected chi connectivity index (χ0v) is 16.6. The van der Waals surface area contributed by atoms with Gasteiger partial charge in [0.25, 0.3) is 5.91 Å². The van der Waals surface area contributed by atoms with Crippen LogP contribution in [0.15, 0.2) is 48.5 Å². The van der Waals surface area contributed by atoms with E-state index in [9.17, 15) is 9.18 Å². The Balaban J connectivity index is 1.71. The van der Waals surface area contributed by atoms with E-state index in [1.165, 1.54) is 30.6 Å². The highest BCUT2D eigenvalue weighted by atomic mass is 32.1. The Morgan fingerprint density at radius 1 is 0.964 bits per heavy atom. The Kier molecular flexibility index (Phi) is 6.16. The number of hydrogen-bond acceptors (Lipinski definition) is 5. The van der Waals surface area contributed by atoms with Gasteiger partial charge in [-0.1, -0.05) is 12.1 Å². The van der Waals surface area contributed by atoms with Gasteiger partial charge in [0.2, 0.25) is 5.75 Å². The molecular weight excluding hydrogens is 381 g/mol. The van der Waals surface area contributed by atoms with E-state index in [1.54, 1.807) is 44.6 Å². The van der Waals surface area contributed by atoms with Gasteiger partial charge < -0.3 is 19.5 Å². The minimum absolute atomic E-state index is 0.188. The van der Waals surface area contributed by atoms with E-state index >= 15 is 0 Å². The summed E-state index contributed by atoms with van der Waals surface area (Å²) < 4.78 is 29.0. The van der Waals surface area contributed by atoms with Crippen LogP contribution in [0.5, 0.6) is 17.2 Å². The molecule has 1 aromatic heterocycles. The Bertz CT molecular complexity index is 944. The maximum absolute atomic E-state index is 13.1. The van der Waals surface area contributed by atoms with Gasteiger partial charge in [0.05, 0.1) is 26.2 Å². The predicted octanol–water partition coefficient (Wildman–Crippen LogP) is 4.51. The summed E-state index contributed by atoms with van der Waals surface area (Å²) in [7, 11) is 4.63. The second kappa shape index (κ2) is 8.75. The molecule has 1 heterocycles. The van der Waals surface area contributed by atoms with Crippen LogP contribution >= 0.6 is 11.3 Å². The molecule has 0 unspecified atom stereocenters. The molecular formula is C21H20FNO4S. The van der Waals surface area contributed by atoms with Crippen LogP contribution in [0.25, 0.3) is 10.4 Å². The van der Waals surface area contributed by atoms with Crippen molar-refractivity contribution in [2.45, 2.75) is 6.54 Å². The highest BCUT2D eigenvalue weighted by molar-refractivity contribution is 7.17. The molecule has 3 aromatic rings. The van der Waals surface area contributed by atoms with Crippen molar-refractivity contribution in [1.29, 1.82) is 0 Å². The number of amides is 1. The van der Waals surface area contributed by atoms with Gasteiger partial charge in [-0.3, -0.25) is 4.79 Å². The number of methoxy groups -OCH3 is 3. The summed E-state index contributed by atoms with van der Waals surface area (Å²) in [4.78, 5) is 14.0. The van der Waals surface area contributed by atoms with E-state index < -0.39 is 0 Å². The Labute approximate surface area is 166 Å². The van der Waals surface area contributed by atoms with Crippen molar-refractivity contribution < 1.29 is 23.4 Å². The third-order valence-electron chi connectivity index (χ3n) is 4.14. The molecule has 0 saturated carbocycles. The van der Waals surface area contributed by atoms with Gasteiger partial charge in [-0.25, -0.2) is 4.39 Å². The van der Waals surface area contributed by atoms with E-state index in [-0.39, 0.29) is 11.7 Å². The third-order valence-corrected chi connectivity index (χ3v) is 5.27. The van der Waals surface area contributed by atoms with Crippen molar-refractivity contribution in [1.82, 2.24) is 5.32 Å². The second-order valence-corrected chi connectivity index (χ2v) is 6.97. The number of carbonyl (C=O) groups is 1. The fourth-order valence-corrected chi connectivity index (χ4v) is 3.66.